The predicted octanol–water partition coefficient (Wildman–Crippen LogP) is 3.15. The molecule has 0 spiro atoms. The minimum atomic E-state index is 1.15. The van der Waals surface area contributed by atoms with Gasteiger partial charge in [0.1, 0.15) is 0 Å². The van der Waals surface area contributed by atoms with E-state index in [0.29, 0.717) is 0 Å². The molecule has 0 aliphatic carbocycles. The summed E-state index contributed by atoms with van der Waals surface area (Å²) in [5, 5.41) is 5.03. The second kappa shape index (κ2) is 9.47. The van der Waals surface area contributed by atoms with Gasteiger partial charge in [0.15, 0.2) is 0 Å². The van der Waals surface area contributed by atoms with Gasteiger partial charge < -0.3 is 0 Å². The SMILES string of the molecule is CCCCN(CCC)N(CC)CCC. The van der Waals surface area contributed by atoms with Crippen molar-refractivity contribution in [1.29, 1.82) is 0 Å². The van der Waals surface area contributed by atoms with E-state index in [9.17, 15) is 0 Å². The first-order valence-electron chi connectivity index (χ1n) is 6.29. The van der Waals surface area contributed by atoms with Crippen LogP contribution in [0.15, 0.2) is 0 Å². The molecule has 0 unspecified atom stereocenters. The first kappa shape index (κ1) is 13.9. The lowest BCUT2D eigenvalue weighted by atomic mass is 10.3. The first-order chi connectivity index (χ1) is 6.79. The van der Waals surface area contributed by atoms with Crippen LogP contribution in [0.2, 0.25) is 0 Å². The molecule has 2 heteroatoms. The van der Waals surface area contributed by atoms with E-state index in [1.165, 1.54) is 45.3 Å². The molecule has 0 fully saturated rings. The van der Waals surface area contributed by atoms with Crippen LogP contribution in [-0.2, 0) is 0 Å². The zero-order valence-electron chi connectivity index (χ0n) is 10.6. The van der Waals surface area contributed by atoms with Crippen molar-refractivity contribution in [2.45, 2.75) is 53.4 Å². The van der Waals surface area contributed by atoms with Crippen LogP contribution in [0.5, 0.6) is 0 Å². The highest BCUT2D eigenvalue weighted by Crippen LogP contribution is 2.03. The van der Waals surface area contributed by atoms with Crippen LogP contribution in [-0.4, -0.2) is 36.2 Å². The van der Waals surface area contributed by atoms with Crippen LogP contribution in [0.25, 0.3) is 0 Å². The van der Waals surface area contributed by atoms with E-state index in [-0.39, 0.29) is 0 Å². The standard InChI is InChI=1S/C12H28N2/c1-5-9-12-14(11-7-3)13(8-4)10-6-2/h5-12H2,1-4H3. The van der Waals surface area contributed by atoms with E-state index in [1.54, 1.807) is 0 Å². The highest BCUT2D eigenvalue weighted by atomic mass is 15.6. The molecule has 0 aliphatic heterocycles. The fraction of sp³-hybridized carbons (Fsp3) is 1.00. The lowest BCUT2D eigenvalue weighted by molar-refractivity contribution is -0.0219. The highest BCUT2D eigenvalue weighted by Gasteiger charge is 2.10. The van der Waals surface area contributed by atoms with Crippen LogP contribution in [0.4, 0.5) is 0 Å². The first-order valence-corrected chi connectivity index (χ1v) is 6.29. The molecule has 0 aromatic carbocycles. The smallest absolute Gasteiger partial charge is 0.0133 e. The maximum Gasteiger partial charge on any atom is 0.0133 e. The fourth-order valence-electron chi connectivity index (χ4n) is 1.75. The second-order valence-electron chi connectivity index (χ2n) is 3.85. The molecule has 0 radical (unpaired) electrons. The molecule has 0 bridgehead atoms. The molecule has 0 aromatic rings. The molecule has 0 amide bonds. The van der Waals surface area contributed by atoms with Gasteiger partial charge in [-0.2, -0.15) is 0 Å². The Morgan fingerprint density at radius 1 is 0.643 bits per heavy atom. The number of hydrogen-bond donors (Lipinski definition) is 0. The van der Waals surface area contributed by atoms with Gasteiger partial charge in [0.25, 0.3) is 0 Å². The second-order valence-corrected chi connectivity index (χ2v) is 3.85. The largest absolute Gasteiger partial charge is 0.242 e. The third-order valence-electron chi connectivity index (χ3n) is 2.50. The van der Waals surface area contributed by atoms with Crippen molar-refractivity contribution in [2.75, 3.05) is 26.2 Å². The van der Waals surface area contributed by atoms with Gasteiger partial charge in [-0.25, -0.2) is 10.0 Å². The van der Waals surface area contributed by atoms with Crippen LogP contribution in [0.1, 0.15) is 53.4 Å². The summed E-state index contributed by atoms with van der Waals surface area (Å²) in [6.45, 7) is 13.8. The monoisotopic (exact) mass is 200 g/mol. The number of hydrazine groups is 1. The van der Waals surface area contributed by atoms with Gasteiger partial charge in [0.05, 0.1) is 0 Å². The Morgan fingerprint density at radius 2 is 1.21 bits per heavy atom. The van der Waals surface area contributed by atoms with Crippen LogP contribution in [0, 0.1) is 0 Å². The molecule has 2 nitrogen and oxygen atoms in total. The molecule has 86 valence electrons. The quantitative estimate of drug-likeness (QED) is 0.528. The molecule has 0 aliphatic rings. The van der Waals surface area contributed by atoms with Crippen molar-refractivity contribution in [3.05, 3.63) is 0 Å². The number of nitrogens with zero attached hydrogens (tertiary/aromatic N) is 2. The zero-order valence-corrected chi connectivity index (χ0v) is 10.6. The van der Waals surface area contributed by atoms with Crippen molar-refractivity contribution in [3.8, 4) is 0 Å². The molecule has 0 atom stereocenters. The van der Waals surface area contributed by atoms with E-state index in [0.717, 1.165) is 6.54 Å². The van der Waals surface area contributed by atoms with E-state index in [1.807, 2.05) is 0 Å². The molecule has 0 N–H and O–H groups in total. The third-order valence-corrected chi connectivity index (χ3v) is 2.50. The molecule has 14 heavy (non-hydrogen) atoms. The molecular formula is C12H28N2. The Kier molecular flexibility index (Phi) is 9.42. The van der Waals surface area contributed by atoms with Crippen molar-refractivity contribution in [2.24, 2.45) is 0 Å². The van der Waals surface area contributed by atoms with Gasteiger partial charge in [0, 0.05) is 26.2 Å². The molecule has 0 heterocycles. The summed E-state index contributed by atoms with van der Waals surface area (Å²) < 4.78 is 0. The Balaban J connectivity index is 3.97. The Morgan fingerprint density at radius 3 is 1.64 bits per heavy atom. The van der Waals surface area contributed by atoms with Crippen molar-refractivity contribution < 1.29 is 0 Å². The van der Waals surface area contributed by atoms with E-state index in [2.05, 4.69) is 37.7 Å². The van der Waals surface area contributed by atoms with Gasteiger partial charge in [-0.3, -0.25) is 0 Å². The third kappa shape index (κ3) is 5.61. The summed E-state index contributed by atoms with van der Waals surface area (Å²) in [6.07, 6.45) is 5.12. The average molecular weight is 200 g/mol. The highest BCUT2D eigenvalue weighted by molar-refractivity contribution is 4.56. The molecule has 0 saturated carbocycles. The summed E-state index contributed by atoms with van der Waals surface area (Å²) in [5.41, 5.74) is 0. The van der Waals surface area contributed by atoms with Gasteiger partial charge >= 0.3 is 0 Å². The van der Waals surface area contributed by atoms with E-state index < -0.39 is 0 Å². The number of hydrogen-bond acceptors (Lipinski definition) is 2. The van der Waals surface area contributed by atoms with Gasteiger partial charge in [-0.1, -0.05) is 34.1 Å². The minimum absolute atomic E-state index is 1.15. The number of rotatable bonds is 9. The lowest BCUT2D eigenvalue weighted by Crippen LogP contribution is -2.44. The summed E-state index contributed by atoms with van der Waals surface area (Å²) in [7, 11) is 0. The Bertz CT molecular complexity index is 115. The molecule has 0 rings (SSSR count). The average Bonchev–Trinajstić information content (AvgIpc) is 2.21. The van der Waals surface area contributed by atoms with Crippen LogP contribution in [0.3, 0.4) is 0 Å². The van der Waals surface area contributed by atoms with Crippen molar-refractivity contribution in [1.82, 2.24) is 10.0 Å². The number of unbranched alkanes of at least 4 members (excludes halogenated alkanes) is 1. The summed E-state index contributed by atoms with van der Waals surface area (Å²) >= 11 is 0. The van der Waals surface area contributed by atoms with E-state index >= 15 is 0 Å². The van der Waals surface area contributed by atoms with Crippen LogP contribution < -0.4 is 0 Å². The zero-order chi connectivity index (χ0) is 10.8. The fourth-order valence-corrected chi connectivity index (χ4v) is 1.75. The Labute approximate surface area is 90.2 Å². The van der Waals surface area contributed by atoms with Crippen molar-refractivity contribution in [3.63, 3.8) is 0 Å². The summed E-state index contributed by atoms with van der Waals surface area (Å²) in [5.74, 6) is 0. The van der Waals surface area contributed by atoms with Crippen molar-refractivity contribution >= 4 is 0 Å². The molecule has 0 aromatic heterocycles. The van der Waals surface area contributed by atoms with Gasteiger partial charge in [-0.15, -0.1) is 0 Å². The van der Waals surface area contributed by atoms with Gasteiger partial charge in [0.2, 0.25) is 0 Å². The normalized spacial score (nSPS) is 11.6. The molecule has 0 saturated heterocycles. The lowest BCUT2D eigenvalue weighted by Gasteiger charge is -2.34. The maximum absolute atomic E-state index is 2.53. The van der Waals surface area contributed by atoms with Gasteiger partial charge in [-0.05, 0) is 19.3 Å². The predicted molar refractivity (Wildman–Crippen MR) is 64.3 cm³/mol. The topological polar surface area (TPSA) is 6.48 Å². The van der Waals surface area contributed by atoms with Crippen LogP contribution >= 0.6 is 0 Å². The van der Waals surface area contributed by atoms with E-state index in [4.69, 9.17) is 0 Å². The Hall–Kier alpha value is -0.0800. The maximum atomic E-state index is 2.53. The summed E-state index contributed by atoms with van der Waals surface area (Å²) in [4.78, 5) is 0. The summed E-state index contributed by atoms with van der Waals surface area (Å²) in [6, 6.07) is 0. The minimum Gasteiger partial charge on any atom is -0.242 e. The molecular weight excluding hydrogens is 172 g/mol.